The van der Waals surface area contributed by atoms with Gasteiger partial charge in [0.1, 0.15) is 17.4 Å². The van der Waals surface area contributed by atoms with E-state index in [4.69, 9.17) is 27.9 Å². The molecule has 0 saturated heterocycles. The summed E-state index contributed by atoms with van der Waals surface area (Å²) in [6.45, 7) is 2.77. The molecular weight excluding hydrogens is 371 g/mol. The second-order valence-corrected chi connectivity index (χ2v) is 6.36. The van der Waals surface area contributed by atoms with Crippen LogP contribution in [0.25, 0.3) is 6.08 Å². The van der Waals surface area contributed by atoms with Crippen LogP contribution in [0.1, 0.15) is 25.3 Å². The van der Waals surface area contributed by atoms with Crippen LogP contribution in [-0.4, -0.2) is 12.5 Å². The van der Waals surface area contributed by atoms with Gasteiger partial charge in [-0.2, -0.15) is 5.26 Å². The number of carbonyl (C=O) groups is 1. The number of hydrogen-bond acceptors (Lipinski definition) is 3. The summed E-state index contributed by atoms with van der Waals surface area (Å²) in [4.78, 5) is 12.3. The maximum atomic E-state index is 12.3. The molecule has 0 unspecified atom stereocenters. The van der Waals surface area contributed by atoms with E-state index >= 15 is 0 Å². The van der Waals surface area contributed by atoms with Crippen molar-refractivity contribution in [2.24, 2.45) is 0 Å². The van der Waals surface area contributed by atoms with E-state index in [-0.39, 0.29) is 5.57 Å². The van der Waals surface area contributed by atoms with Gasteiger partial charge in [-0.1, -0.05) is 48.7 Å². The van der Waals surface area contributed by atoms with E-state index in [1.165, 1.54) is 12.1 Å². The number of unbranched alkanes of at least 4 members (excludes halogenated alkanes) is 1. The van der Waals surface area contributed by atoms with Crippen LogP contribution >= 0.6 is 23.2 Å². The standard InChI is InChI=1S/C20H18Cl2N2O2/c1-2-3-10-26-17-7-4-14(5-8-17)11-15(13-23)20(25)24-19-9-6-16(21)12-18(19)22/h4-9,11-12H,2-3,10H2,1H3,(H,24,25). The lowest BCUT2D eigenvalue weighted by molar-refractivity contribution is -0.112. The SMILES string of the molecule is CCCCOc1ccc(C=C(C#N)C(=O)Nc2ccc(Cl)cc2Cl)cc1. The number of rotatable bonds is 7. The van der Waals surface area contributed by atoms with Gasteiger partial charge in [-0.25, -0.2) is 0 Å². The minimum Gasteiger partial charge on any atom is -0.494 e. The molecule has 0 radical (unpaired) electrons. The van der Waals surface area contributed by atoms with E-state index in [9.17, 15) is 10.1 Å². The molecule has 2 aromatic rings. The molecular formula is C20H18Cl2N2O2. The Labute approximate surface area is 163 Å². The topological polar surface area (TPSA) is 62.1 Å². The first kappa shape index (κ1) is 19.8. The molecule has 1 N–H and O–H groups in total. The van der Waals surface area contributed by atoms with Gasteiger partial charge in [-0.05, 0) is 48.4 Å². The molecule has 0 atom stereocenters. The highest BCUT2D eigenvalue weighted by molar-refractivity contribution is 6.36. The van der Waals surface area contributed by atoms with Crippen LogP contribution in [0.15, 0.2) is 48.0 Å². The van der Waals surface area contributed by atoms with E-state index < -0.39 is 5.91 Å². The number of hydrogen-bond donors (Lipinski definition) is 1. The molecule has 0 aromatic heterocycles. The lowest BCUT2D eigenvalue weighted by Crippen LogP contribution is -2.13. The lowest BCUT2D eigenvalue weighted by Gasteiger charge is -2.07. The fourth-order valence-corrected chi connectivity index (χ4v) is 2.55. The number of nitrogens with zero attached hydrogens (tertiary/aromatic N) is 1. The molecule has 0 heterocycles. The fraction of sp³-hybridized carbons (Fsp3) is 0.200. The Morgan fingerprint density at radius 3 is 2.58 bits per heavy atom. The second kappa shape index (κ2) is 9.86. The summed E-state index contributed by atoms with van der Waals surface area (Å²) >= 11 is 11.9. The first-order chi connectivity index (χ1) is 12.5. The van der Waals surface area contributed by atoms with E-state index in [1.54, 1.807) is 24.3 Å². The molecule has 6 heteroatoms. The van der Waals surface area contributed by atoms with Gasteiger partial charge < -0.3 is 10.1 Å². The largest absolute Gasteiger partial charge is 0.494 e. The maximum absolute atomic E-state index is 12.3. The van der Waals surface area contributed by atoms with Crippen molar-refractivity contribution in [3.63, 3.8) is 0 Å². The average molecular weight is 389 g/mol. The number of benzene rings is 2. The molecule has 0 saturated carbocycles. The Bertz CT molecular complexity index is 840. The molecule has 0 aliphatic carbocycles. The van der Waals surface area contributed by atoms with Crippen molar-refractivity contribution in [1.82, 2.24) is 0 Å². The molecule has 4 nitrogen and oxygen atoms in total. The Morgan fingerprint density at radius 2 is 1.96 bits per heavy atom. The van der Waals surface area contributed by atoms with E-state index in [1.807, 2.05) is 18.2 Å². The van der Waals surface area contributed by atoms with Gasteiger partial charge >= 0.3 is 0 Å². The number of carbonyl (C=O) groups excluding carboxylic acids is 1. The van der Waals surface area contributed by atoms with Crippen molar-refractivity contribution < 1.29 is 9.53 Å². The minimum atomic E-state index is -0.542. The molecule has 0 aliphatic heterocycles. The van der Waals surface area contributed by atoms with Gasteiger partial charge in [-0.3, -0.25) is 4.79 Å². The number of nitrogens with one attached hydrogen (secondary N) is 1. The summed E-state index contributed by atoms with van der Waals surface area (Å²) in [5, 5.41) is 12.7. The van der Waals surface area contributed by atoms with Gasteiger partial charge in [-0.15, -0.1) is 0 Å². The van der Waals surface area contributed by atoms with Crippen molar-refractivity contribution in [1.29, 1.82) is 5.26 Å². The maximum Gasteiger partial charge on any atom is 0.266 e. The number of amides is 1. The number of nitriles is 1. The van der Waals surface area contributed by atoms with Crippen LogP contribution in [0.3, 0.4) is 0 Å². The van der Waals surface area contributed by atoms with Crippen LogP contribution in [0.4, 0.5) is 5.69 Å². The second-order valence-electron chi connectivity index (χ2n) is 5.52. The molecule has 134 valence electrons. The van der Waals surface area contributed by atoms with Gasteiger partial charge in [0, 0.05) is 5.02 Å². The van der Waals surface area contributed by atoms with Crippen molar-refractivity contribution >= 4 is 40.9 Å². The van der Waals surface area contributed by atoms with E-state index in [0.29, 0.717) is 22.3 Å². The third-order valence-electron chi connectivity index (χ3n) is 3.50. The lowest BCUT2D eigenvalue weighted by atomic mass is 10.1. The average Bonchev–Trinajstić information content (AvgIpc) is 2.63. The summed E-state index contributed by atoms with van der Waals surface area (Å²) in [5.74, 6) is 0.214. The monoisotopic (exact) mass is 388 g/mol. The van der Waals surface area contributed by atoms with E-state index in [2.05, 4.69) is 12.2 Å². The highest BCUT2D eigenvalue weighted by atomic mass is 35.5. The molecule has 0 spiro atoms. The summed E-state index contributed by atoms with van der Waals surface area (Å²) in [6, 6.07) is 13.8. The van der Waals surface area contributed by atoms with Gasteiger partial charge in [0.25, 0.3) is 5.91 Å². The summed E-state index contributed by atoms with van der Waals surface area (Å²) in [6.07, 6.45) is 3.57. The summed E-state index contributed by atoms with van der Waals surface area (Å²) in [7, 11) is 0. The molecule has 1 amide bonds. The predicted octanol–water partition coefficient (Wildman–Crippen LogP) is 5.72. The van der Waals surface area contributed by atoms with Crippen LogP contribution in [0, 0.1) is 11.3 Å². The Hall–Kier alpha value is -2.48. The first-order valence-corrected chi connectivity index (χ1v) is 8.90. The normalized spacial score (nSPS) is 10.9. The zero-order valence-corrected chi connectivity index (χ0v) is 15.8. The highest BCUT2D eigenvalue weighted by Gasteiger charge is 2.11. The van der Waals surface area contributed by atoms with Crippen molar-refractivity contribution in [3.8, 4) is 11.8 Å². The molecule has 0 fully saturated rings. The highest BCUT2D eigenvalue weighted by Crippen LogP contribution is 2.26. The van der Waals surface area contributed by atoms with Crippen LogP contribution in [-0.2, 0) is 4.79 Å². The third kappa shape index (κ3) is 5.80. The zero-order valence-electron chi connectivity index (χ0n) is 14.3. The number of halogens is 2. The van der Waals surface area contributed by atoms with Crippen molar-refractivity contribution in [2.45, 2.75) is 19.8 Å². The number of ether oxygens (including phenoxy) is 1. The number of anilines is 1. The molecule has 0 bridgehead atoms. The van der Waals surface area contributed by atoms with Gasteiger partial charge in [0.2, 0.25) is 0 Å². The van der Waals surface area contributed by atoms with Crippen LogP contribution in [0.2, 0.25) is 10.0 Å². The van der Waals surface area contributed by atoms with Crippen LogP contribution < -0.4 is 10.1 Å². The van der Waals surface area contributed by atoms with Crippen LogP contribution in [0.5, 0.6) is 5.75 Å². The Balaban J connectivity index is 2.09. The molecule has 0 aliphatic rings. The predicted molar refractivity (Wildman–Crippen MR) is 106 cm³/mol. The molecule has 26 heavy (non-hydrogen) atoms. The van der Waals surface area contributed by atoms with Gasteiger partial charge in [0.05, 0.1) is 17.3 Å². The van der Waals surface area contributed by atoms with Crippen molar-refractivity contribution in [3.05, 3.63) is 63.6 Å². The summed E-state index contributed by atoms with van der Waals surface area (Å²) < 4.78 is 5.59. The fourth-order valence-electron chi connectivity index (χ4n) is 2.09. The minimum absolute atomic E-state index is 0.0318. The van der Waals surface area contributed by atoms with Gasteiger partial charge in [0.15, 0.2) is 0 Å². The first-order valence-electron chi connectivity index (χ1n) is 8.14. The summed E-state index contributed by atoms with van der Waals surface area (Å²) in [5.41, 5.74) is 1.08. The smallest absolute Gasteiger partial charge is 0.266 e. The van der Waals surface area contributed by atoms with Crippen molar-refractivity contribution in [2.75, 3.05) is 11.9 Å². The Kier molecular flexibility index (Phi) is 7.53. The quantitative estimate of drug-likeness (QED) is 0.374. The zero-order chi connectivity index (χ0) is 18.9. The van der Waals surface area contributed by atoms with E-state index in [0.717, 1.165) is 24.2 Å². The Morgan fingerprint density at radius 1 is 1.23 bits per heavy atom. The third-order valence-corrected chi connectivity index (χ3v) is 4.05. The molecule has 2 aromatic carbocycles. The molecule has 2 rings (SSSR count).